The minimum Gasteiger partial charge on any atom is -0.322 e. The van der Waals surface area contributed by atoms with Gasteiger partial charge in [-0.2, -0.15) is 0 Å². The molecule has 4 heteroatoms. The molecule has 0 saturated heterocycles. The molecule has 0 fully saturated rings. The van der Waals surface area contributed by atoms with Crippen LogP contribution in [0.15, 0.2) is 48.5 Å². The molecule has 1 amide bonds. The van der Waals surface area contributed by atoms with E-state index in [1.165, 1.54) is 6.92 Å². The van der Waals surface area contributed by atoms with Gasteiger partial charge in [0.15, 0.2) is 5.78 Å². The zero-order chi connectivity index (χ0) is 17.4. The van der Waals surface area contributed by atoms with Gasteiger partial charge in [0.05, 0.1) is 11.1 Å². The van der Waals surface area contributed by atoms with E-state index in [0.717, 1.165) is 47.0 Å². The van der Waals surface area contributed by atoms with Crippen LogP contribution in [0.4, 0.5) is 5.69 Å². The van der Waals surface area contributed by atoms with Gasteiger partial charge in [-0.05, 0) is 62.1 Å². The number of para-hydroxylation sites is 1. The molecule has 0 spiro atoms. The van der Waals surface area contributed by atoms with Gasteiger partial charge in [-0.3, -0.25) is 14.6 Å². The highest BCUT2D eigenvalue weighted by atomic mass is 16.1. The topological polar surface area (TPSA) is 59.1 Å². The smallest absolute Gasteiger partial charge is 0.256 e. The Morgan fingerprint density at radius 3 is 2.52 bits per heavy atom. The van der Waals surface area contributed by atoms with Crippen LogP contribution < -0.4 is 5.32 Å². The number of amides is 1. The van der Waals surface area contributed by atoms with E-state index in [1.54, 1.807) is 24.3 Å². The molecule has 0 bridgehead atoms. The fourth-order valence-corrected chi connectivity index (χ4v) is 3.45. The predicted octanol–water partition coefficient (Wildman–Crippen LogP) is 4.18. The minimum absolute atomic E-state index is 0.0100. The van der Waals surface area contributed by atoms with E-state index in [2.05, 4.69) is 5.32 Å². The molecule has 0 atom stereocenters. The molecule has 0 saturated carbocycles. The van der Waals surface area contributed by atoms with Crippen molar-refractivity contribution in [2.75, 3.05) is 5.32 Å². The van der Waals surface area contributed by atoms with Crippen molar-refractivity contribution in [3.05, 3.63) is 70.9 Å². The lowest BCUT2D eigenvalue weighted by atomic mass is 10.0. The summed E-state index contributed by atoms with van der Waals surface area (Å²) in [5.41, 5.74) is 5.01. The molecule has 1 aromatic heterocycles. The van der Waals surface area contributed by atoms with E-state index in [4.69, 9.17) is 4.98 Å². The van der Waals surface area contributed by atoms with Crippen molar-refractivity contribution in [3.63, 3.8) is 0 Å². The molecule has 0 radical (unpaired) electrons. The van der Waals surface area contributed by atoms with Gasteiger partial charge in [-0.1, -0.05) is 18.2 Å². The Morgan fingerprint density at radius 2 is 1.76 bits per heavy atom. The number of pyridine rings is 1. The lowest BCUT2D eigenvalue weighted by Crippen LogP contribution is -2.15. The SMILES string of the molecule is CC(=O)c1ccc(NC(=O)c2c3c(nc4ccccc24)CCC3)cc1. The molecule has 25 heavy (non-hydrogen) atoms. The van der Waals surface area contributed by atoms with E-state index < -0.39 is 0 Å². The Labute approximate surface area is 145 Å². The molecule has 1 aliphatic carbocycles. The van der Waals surface area contributed by atoms with Crippen molar-refractivity contribution in [2.45, 2.75) is 26.2 Å². The van der Waals surface area contributed by atoms with Gasteiger partial charge in [0.25, 0.3) is 5.91 Å². The van der Waals surface area contributed by atoms with E-state index in [1.807, 2.05) is 24.3 Å². The maximum atomic E-state index is 13.0. The third-order valence-electron chi connectivity index (χ3n) is 4.70. The maximum Gasteiger partial charge on any atom is 0.256 e. The number of carbonyl (C=O) groups excluding carboxylic acids is 2. The summed E-state index contributed by atoms with van der Waals surface area (Å²) in [5.74, 6) is -0.108. The first-order chi connectivity index (χ1) is 12.1. The highest BCUT2D eigenvalue weighted by Gasteiger charge is 2.23. The molecule has 1 aliphatic rings. The lowest BCUT2D eigenvalue weighted by molar-refractivity contribution is 0.101. The molecule has 4 rings (SSSR count). The number of hydrogen-bond acceptors (Lipinski definition) is 3. The summed E-state index contributed by atoms with van der Waals surface area (Å²) in [5, 5.41) is 3.86. The molecule has 0 aliphatic heterocycles. The number of aryl methyl sites for hydroxylation is 1. The Balaban J connectivity index is 1.74. The van der Waals surface area contributed by atoms with Crippen molar-refractivity contribution >= 4 is 28.3 Å². The average Bonchev–Trinajstić information content (AvgIpc) is 3.07. The fraction of sp³-hybridized carbons (Fsp3) is 0.190. The second-order valence-electron chi connectivity index (χ2n) is 6.37. The van der Waals surface area contributed by atoms with Gasteiger partial charge in [-0.25, -0.2) is 0 Å². The number of benzene rings is 2. The average molecular weight is 330 g/mol. The first-order valence-corrected chi connectivity index (χ1v) is 8.46. The molecular weight excluding hydrogens is 312 g/mol. The summed E-state index contributed by atoms with van der Waals surface area (Å²) >= 11 is 0. The first kappa shape index (κ1) is 15.5. The summed E-state index contributed by atoms with van der Waals surface area (Å²) in [4.78, 5) is 29.1. The van der Waals surface area contributed by atoms with Crippen LogP contribution in [0.25, 0.3) is 10.9 Å². The highest BCUT2D eigenvalue weighted by Crippen LogP contribution is 2.30. The second-order valence-corrected chi connectivity index (χ2v) is 6.37. The van der Waals surface area contributed by atoms with Crippen molar-refractivity contribution in [2.24, 2.45) is 0 Å². The summed E-state index contributed by atoms with van der Waals surface area (Å²) < 4.78 is 0. The Morgan fingerprint density at radius 1 is 1.00 bits per heavy atom. The number of rotatable bonds is 3. The number of fused-ring (bicyclic) bond motifs is 2. The first-order valence-electron chi connectivity index (χ1n) is 8.46. The van der Waals surface area contributed by atoms with Crippen molar-refractivity contribution in [1.82, 2.24) is 4.98 Å². The lowest BCUT2D eigenvalue weighted by Gasteiger charge is -2.13. The van der Waals surface area contributed by atoms with Crippen LogP contribution in [0.5, 0.6) is 0 Å². The number of carbonyl (C=O) groups is 2. The number of nitrogens with zero attached hydrogens (tertiary/aromatic N) is 1. The Bertz CT molecular complexity index is 991. The van der Waals surface area contributed by atoms with Crippen LogP contribution in [0.3, 0.4) is 0 Å². The molecule has 124 valence electrons. The number of nitrogens with one attached hydrogen (secondary N) is 1. The zero-order valence-corrected chi connectivity index (χ0v) is 14.0. The third kappa shape index (κ3) is 2.80. The normalized spacial score (nSPS) is 12.8. The van der Waals surface area contributed by atoms with Crippen molar-refractivity contribution in [3.8, 4) is 0 Å². The fourth-order valence-electron chi connectivity index (χ4n) is 3.45. The molecule has 1 heterocycles. The summed E-state index contributed by atoms with van der Waals surface area (Å²) in [7, 11) is 0. The van der Waals surface area contributed by atoms with Gasteiger partial charge in [-0.15, -0.1) is 0 Å². The second kappa shape index (κ2) is 6.13. The Kier molecular flexibility index (Phi) is 3.80. The van der Waals surface area contributed by atoms with Crippen molar-refractivity contribution < 1.29 is 9.59 Å². The number of anilines is 1. The largest absolute Gasteiger partial charge is 0.322 e. The summed E-state index contributed by atoms with van der Waals surface area (Å²) in [6.45, 7) is 1.53. The van der Waals surface area contributed by atoms with Gasteiger partial charge < -0.3 is 5.32 Å². The van der Waals surface area contributed by atoms with E-state index in [9.17, 15) is 9.59 Å². The van der Waals surface area contributed by atoms with Gasteiger partial charge in [0, 0.05) is 22.3 Å². The zero-order valence-electron chi connectivity index (χ0n) is 14.0. The summed E-state index contributed by atoms with van der Waals surface area (Å²) in [6, 6.07) is 14.8. The van der Waals surface area contributed by atoms with Gasteiger partial charge >= 0.3 is 0 Å². The molecule has 0 unspecified atom stereocenters. The van der Waals surface area contributed by atoms with Gasteiger partial charge in [0.1, 0.15) is 0 Å². The summed E-state index contributed by atoms with van der Waals surface area (Å²) in [6.07, 6.45) is 2.85. The Hall–Kier alpha value is -3.01. The van der Waals surface area contributed by atoms with Crippen LogP contribution in [-0.4, -0.2) is 16.7 Å². The number of ketones is 1. The standard InChI is InChI=1S/C21H18N2O2/c1-13(24)14-9-11-15(12-10-14)22-21(25)20-16-5-2-3-7-18(16)23-19-8-4-6-17(19)20/h2-3,5,7,9-12H,4,6,8H2,1H3,(H,22,25). The van der Waals surface area contributed by atoms with Crippen molar-refractivity contribution in [1.29, 1.82) is 0 Å². The monoisotopic (exact) mass is 330 g/mol. The quantitative estimate of drug-likeness (QED) is 0.733. The van der Waals surface area contributed by atoms with E-state index >= 15 is 0 Å². The van der Waals surface area contributed by atoms with Crippen LogP contribution in [0.2, 0.25) is 0 Å². The molecule has 2 aromatic carbocycles. The predicted molar refractivity (Wildman–Crippen MR) is 98.2 cm³/mol. The molecule has 4 nitrogen and oxygen atoms in total. The van der Waals surface area contributed by atoms with Crippen LogP contribution in [0.1, 0.15) is 45.3 Å². The number of Topliss-reactive ketones (excluding diaryl/α,β-unsaturated/α-hetero) is 1. The van der Waals surface area contributed by atoms with E-state index in [0.29, 0.717) is 11.3 Å². The van der Waals surface area contributed by atoms with Gasteiger partial charge in [0.2, 0.25) is 0 Å². The van der Waals surface area contributed by atoms with Crippen LogP contribution >= 0.6 is 0 Å². The maximum absolute atomic E-state index is 13.0. The number of aromatic nitrogens is 1. The molecule has 3 aromatic rings. The number of hydrogen-bond donors (Lipinski definition) is 1. The highest BCUT2D eigenvalue weighted by molar-refractivity contribution is 6.13. The molecular formula is C21H18N2O2. The van der Waals surface area contributed by atoms with E-state index in [-0.39, 0.29) is 11.7 Å². The molecule has 1 N–H and O–H groups in total. The van der Waals surface area contributed by atoms with Crippen LogP contribution in [-0.2, 0) is 12.8 Å². The minimum atomic E-state index is -0.118. The van der Waals surface area contributed by atoms with Crippen LogP contribution in [0, 0.1) is 0 Å². The third-order valence-corrected chi connectivity index (χ3v) is 4.70.